The van der Waals surface area contributed by atoms with Crippen molar-refractivity contribution in [2.75, 3.05) is 18.5 Å². The molecule has 416 valence electrons. The van der Waals surface area contributed by atoms with Crippen LogP contribution in [0, 0.1) is 34.5 Å². The average molecular weight is 1070 g/mol. The molecule has 0 unspecified atom stereocenters. The number of aliphatic hydroxyl groups excluding tert-OH is 1. The third-order valence-corrected chi connectivity index (χ3v) is 17.5. The fourth-order valence-electron chi connectivity index (χ4n) is 12.3. The molecule has 11 atom stereocenters. The van der Waals surface area contributed by atoms with Gasteiger partial charge >= 0.3 is 13.9 Å². The third kappa shape index (κ3) is 13.2. The Labute approximate surface area is 448 Å². The van der Waals surface area contributed by atoms with E-state index in [1.54, 1.807) is 94.4 Å². The van der Waals surface area contributed by atoms with Crippen molar-refractivity contribution in [3.63, 3.8) is 0 Å². The predicted molar refractivity (Wildman–Crippen MR) is 285 cm³/mol. The Balaban J connectivity index is 1.02. The summed E-state index contributed by atoms with van der Waals surface area (Å²) >= 11 is 0. The van der Waals surface area contributed by atoms with Gasteiger partial charge in [0.25, 0.3) is 0 Å². The van der Waals surface area contributed by atoms with Crippen molar-refractivity contribution in [3.8, 4) is 0 Å². The zero-order chi connectivity index (χ0) is 56.0. The normalized spacial score (nSPS) is 28.9. The summed E-state index contributed by atoms with van der Waals surface area (Å²) in [7, 11) is -4.33. The van der Waals surface area contributed by atoms with E-state index < -0.39 is 95.9 Å². The molecule has 3 saturated carbocycles. The van der Waals surface area contributed by atoms with Gasteiger partial charge in [-0.05, 0) is 149 Å². The molecule has 1 saturated heterocycles. The number of carbonyl (C=O) groups is 6. The molecule has 2 aromatic carbocycles. The molecule has 5 aliphatic rings. The molecule has 0 bridgehead atoms. The van der Waals surface area contributed by atoms with Crippen LogP contribution in [0.1, 0.15) is 152 Å². The van der Waals surface area contributed by atoms with Gasteiger partial charge in [-0.15, -0.1) is 0 Å². The van der Waals surface area contributed by atoms with Crippen molar-refractivity contribution >= 4 is 48.8 Å². The standard InChI is InChI=1S/C58H80N3O14P/c1-34(27-44(63)35(2)60-48(66)24-26-59-52(68)73-53(3,4)5)50(67)61-40-16-14-15-37(29-40)28-36-17-19-38(20-18-36)51-71-47-31-43-42-22-21-39-30-41(62)23-25-56(39,12)49(42)45(64)32-57(43,13)58(47,72-51)46(65)33-70-76(69,74-54(6,7)8)75-55(9,10)11/h14-20,23,25,29-30,34-35,42-43,45,47,49,51,64H,21-22,24,26-28,31-33H2,1-13H3,(H,59,68)(H,60,66)(H,61,67)/t34-,35+,42+,43+,45+,47-,49-,51-,56+,57+,58-/m1/s1. The molecule has 4 aliphatic carbocycles. The van der Waals surface area contributed by atoms with Crippen molar-refractivity contribution in [1.82, 2.24) is 10.6 Å². The monoisotopic (exact) mass is 1070 g/mol. The maximum atomic E-state index is 15.3. The van der Waals surface area contributed by atoms with Gasteiger partial charge in [0.05, 0.1) is 29.5 Å². The van der Waals surface area contributed by atoms with Crippen LogP contribution in [0.3, 0.4) is 0 Å². The highest BCUT2D eigenvalue weighted by Crippen LogP contribution is 2.71. The highest BCUT2D eigenvalue weighted by molar-refractivity contribution is 7.48. The second kappa shape index (κ2) is 22.1. The molecule has 3 amide bonds. The van der Waals surface area contributed by atoms with Gasteiger partial charge < -0.3 is 35.3 Å². The number of anilines is 1. The molecular weight excluding hydrogens is 994 g/mol. The first-order valence-corrected chi connectivity index (χ1v) is 28.1. The van der Waals surface area contributed by atoms with Gasteiger partial charge in [0.2, 0.25) is 11.8 Å². The molecule has 0 aromatic heterocycles. The van der Waals surface area contributed by atoms with E-state index in [2.05, 4.69) is 22.9 Å². The molecule has 18 heteroatoms. The van der Waals surface area contributed by atoms with Crippen molar-refractivity contribution < 1.29 is 66.2 Å². The summed E-state index contributed by atoms with van der Waals surface area (Å²) in [5.41, 5.74) is -1.58. The van der Waals surface area contributed by atoms with E-state index in [1.165, 1.54) is 0 Å². The number of rotatable bonds is 18. The Bertz CT molecular complexity index is 2650. The van der Waals surface area contributed by atoms with E-state index >= 15 is 4.79 Å². The summed E-state index contributed by atoms with van der Waals surface area (Å²) in [5, 5.41) is 20.4. The van der Waals surface area contributed by atoms with Crippen LogP contribution in [-0.2, 0) is 62.7 Å². The number of ether oxygens (including phenoxy) is 3. The number of amides is 3. The van der Waals surface area contributed by atoms with Gasteiger partial charge in [0.15, 0.2) is 29.2 Å². The lowest BCUT2D eigenvalue weighted by molar-refractivity contribution is -0.201. The minimum Gasteiger partial charge on any atom is -0.444 e. The Kier molecular flexibility index (Phi) is 17.1. The minimum atomic E-state index is -4.33. The van der Waals surface area contributed by atoms with Crippen molar-refractivity contribution in [2.45, 2.75) is 182 Å². The lowest BCUT2D eigenvalue weighted by Gasteiger charge is -2.59. The van der Waals surface area contributed by atoms with Crippen molar-refractivity contribution in [2.24, 2.45) is 34.5 Å². The lowest BCUT2D eigenvalue weighted by Crippen LogP contribution is -2.63. The summed E-state index contributed by atoms with van der Waals surface area (Å²) in [5.74, 6) is -2.68. The SMILES string of the molecule is C[C@H](CC(=O)[C@H](C)NC(=O)CCNC(=O)OC(C)(C)C)C(=O)Nc1cccc(Cc2ccc([C@@H]3O[C@@H]4C[C@H]5[C@@H]6CCC7=CC(=O)C=C[C@]7(C)[C@H]6[C@@H](O)C[C@]5(C)[C@]4(C(=O)COP(=O)(OC(C)(C)C)OC(C)(C)C)O3)cc2)c1. The molecule has 76 heavy (non-hydrogen) atoms. The van der Waals surface area contributed by atoms with E-state index in [1.807, 2.05) is 55.5 Å². The third-order valence-electron chi connectivity index (χ3n) is 15.5. The largest absolute Gasteiger partial charge is 0.476 e. The number of benzene rings is 2. The lowest BCUT2D eigenvalue weighted by atomic mass is 9.46. The van der Waals surface area contributed by atoms with E-state index in [9.17, 15) is 33.6 Å². The van der Waals surface area contributed by atoms with E-state index in [0.717, 1.165) is 23.1 Å². The fraction of sp³-hybridized carbons (Fsp3) is 0.621. The van der Waals surface area contributed by atoms with Crippen LogP contribution >= 0.6 is 7.82 Å². The minimum absolute atomic E-state index is 0.0297. The molecular formula is C58H80N3O14P. The molecule has 0 spiro atoms. The first-order valence-electron chi connectivity index (χ1n) is 26.7. The zero-order valence-corrected chi connectivity index (χ0v) is 47.4. The number of hydrogen-bond acceptors (Lipinski definition) is 14. The number of Topliss-reactive ketones (excluding diaryl/α,β-unsaturated/α-hetero) is 2. The number of phosphoric ester groups is 1. The topological polar surface area (TPSA) is 231 Å². The Hall–Kier alpha value is -4.87. The summed E-state index contributed by atoms with van der Waals surface area (Å²) in [4.78, 5) is 78.4. The Morgan fingerprint density at radius 2 is 1.58 bits per heavy atom. The first kappa shape index (κ1) is 58.8. The van der Waals surface area contributed by atoms with Gasteiger partial charge in [-0.1, -0.05) is 68.8 Å². The van der Waals surface area contributed by atoms with E-state index in [0.29, 0.717) is 30.5 Å². The van der Waals surface area contributed by atoms with Crippen molar-refractivity contribution in [1.29, 1.82) is 0 Å². The molecule has 7 rings (SSSR count). The highest BCUT2D eigenvalue weighted by Gasteiger charge is 2.76. The maximum Gasteiger partial charge on any atom is 0.476 e. The molecule has 1 heterocycles. The maximum absolute atomic E-state index is 15.3. The molecule has 2 aromatic rings. The molecule has 17 nitrogen and oxygen atoms in total. The fourth-order valence-corrected chi connectivity index (χ4v) is 14.1. The second-order valence-electron chi connectivity index (χ2n) is 25.0. The summed E-state index contributed by atoms with van der Waals surface area (Å²) in [6.45, 7) is 22.2. The van der Waals surface area contributed by atoms with Gasteiger partial charge in [-0.2, -0.15) is 0 Å². The van der Waals surface area contributed by atoms with Gasteiger partial charge in [0, 0.05) is 53.3 Å². The molecule has 4 N–H and O–H groups in total. The number of nitrogens with one attached hydrogen (secondary N) is 3. The number of alkyl carbamates (subject to hydrolysis) is 1. The number of phosphoric acid groups is 1. The first-order chi connectivity index (χ1) is 35.2. The van der Waals surface area contributed by atoms with Crippen LogP contribution in [0.25, 0.3) is 0 Å². The number of aliphatic hydroxyl groups is 1. The van der Waals surface area contributed by atoms with Crippen LogP contribution < -0.4 is 16.0 Å². The Morgan fingerprint density at radius 3 is 2.22 bits per heavy atom. The van der Waals surface area contributed by atoms with Gasteiger partial charge in [0.1, 0.15) is 12.2 Å². The van der Waals surface area contributed by atoms with Crippen molar-refractivity contribution in [3.05, 3.63) is 89.0 Å². The van der Waals surface area contributed by atoms with Crippen LogP contribution in [0.4, 0.5) is 10.5 Å². The molecule has 1 aliphatic heterocycles. The number of fused-ring (bicyclic) bond motifs is 7. The quantitative estimate of drug-likeness (QED) is 0.102. The van der Waals surface area contributed by atoms with Crippen LogP contribution in [0.2, 0.25) is 0 Å². The van der Waals surface area contributed by atoms with Crippen LogP contribution in [0.5, 0.6) is 0 Å². The summed E-state index contributed by atoms with van der Waals surface area (Å²) in [6, 6.07) is 14.3. The summed E-state index contributed by atoms with van der Waals surface area (Å²) < 4.78 is 51.2. The van der Waals surface area contributed by atoms with E-state index in [4.69, 9.17) is 27.8 Å². The number of allylic oxidation sites excluding steroid dienone is 4. The number of carbonyl (C=O) groups excluding carboxylic acids is 6. The predicted octanol–water partition coefficient (Wildman–Crippen LogP) is 9.60. The smallest absolute Gasteiger partial charge is 0.444 e. The Morgan fingerprint density at radius 1 is 0.908 bits per heavy atom. The van der Waals surface area contributed by atoms with Crippen LogP contribution in [0.15, 0.2) is 72.3 Å². The number of hydrogen-bond donors (Lipinski definition) is 4. The van der Waals surface area contributed by atoms with Gasteiger partial charge in [-0.3, -0.25) is 37.5 Å². The molecule has 4 fully saturated rings. The zero-order valence-electron chi connectivity index (χ0n) is 46.5. The van der Waals surface area contributed by atoms with Gasteiger partial charge in [-0.25, -0.2) is 9.36 Å². The second-order valence-corrected chi connectivity index (χ2v) is 26.5. The molecule has 0 radical (unpaired) electrons. The summed E-state index contributed by atoms with van der Waals surface area (Å²) in [6.07, 6.45) is 4.47. The average Bonchev–Trinajstić information content (AvgIpc) is 3.79. The number of ketones is 3. The van der Waals surface area contributed by atoms with E-state index in [-0.39, 0.29) is 61.0 Å². The van der Waals surface area contributed by atoms with Crippen LogP contribution in [-0.4, -0.2) is 94.2 Å². The highest BCUT2D eigenvalue weighted by atomic mass is 31.2.